The van der Waals surface area contributed by atoms with Crippen molar-refractivity contribution in [1.29, 1.82) is 5.26 Å². The van der Waals surface area contributed by atoms with Crippen LogP contribution in [0, 0.1) is 11.3 Å². The number of anilines is 1. The van der Waals surface area contributed by atoms with Crippen molar-refractivity contribution >= 4 is 57.5 Å². The summed E-state index contributed by atoms with van der Waals surface area (Å²) in [5, 5.41) is 41.3. The van der Waals surface area contributed by atoms with E-state index in [1.54, 1.807) is 48.5 Å². The van der Waals surface area contributed by atoms with Crippen LogP contribution in [-0.4, -0.2) is 51.9 Å². The predicted molar refractivity (Wildman–Crippen MR) is 148 cm³/mol. The molecule has 3 aromatic rings. The van der Waals surface area contributed by atoms with Gasteiger partial charge in [0.25, 0.3) is 0 Å². The molecule has 1 unspecified atom stereocenters. The van der Waals surface area contributed by atoms with Gasteiger partial charge in [-0.3, -0.25) is 9.59 Å². The summed E-state index contributed by atoms with van der Waals surface area (Å²) in [6.07, 6.45) is -1.86. The Labute approximate surface area is 235 Å². The van der Waals surface area contributed by atoms with Gasteiger partial charge in [-0.1, -0.05) is 60.5 Å². The van der Waals surface area contributed by atoms with E-state index in [0.29, 0.717) is 44.6 Å². The van der Waals surface area contributed by atoms with Gasteiger partial charge in [-0.25, -0.2) is 4.79 Å². The number of amides is 1. The normalized spacial score (nSPS) is 13.3. The molecule has 2 atom stereocenters. The molecule has 0 saturated carbocycles. The summed E-state index contributed by atoms with van der Waals surface area (Å²) in [4.78, 5) is 38.4. The number of benzene rings is 3. The van der Waals surface area contributed by atoms with Gasteiger partial charge in [-0.15, -0.1) is 0 Å². The number of rotatable bonds is 11. The van der Waals surface area contributed by atoms with Crippen LogP contribution in [0.3, 0.4) is 0 Å². The molecule has 3 rings (SSSR count). The molecule has 9 nitrogen and oxygen atoms in total. The van der Waals surface area contributed by atoms with Gasteiger partial charge < -0.3 is 26.0 Å². The molecule has 0 aliphatic rings. The lowest BCUT2D eigenvalue weighted by molar-refractivity contribution is -0.167. The van der Waals surface area contributed by atoms with Crippen molar-refractivity contribution in [2.45, 2.75) is 37.7 Å². The molecule has 0 aromatic heterocycles. The zero-order valence-corrected chi connectivity index (χ0v) is 22.5. The smallest absolute Gasteiger partial charge is 0.336 e. The van der Waals surface area contributed by atoms with Gasteiger partial charge in [0.1, 0.15) is 0 Å². The Kier molecular flexibility index (Phi) is 9.54. The van der Waals surface area contributed by atoms with Gasteiger partial charge in [0, 0.05) is 24.4 Å². The molecule has 204 valence electrons. The summed E-state index contributed by atoms with van der Waals surface area (Å²) < 4.78 is 0. The highest BCUT2D eigenvalue weighted by Crippen LogP contribution is 2.37. The second-order valence-electron chi connectivity index (χ2n) is 9.13. The van der Waals surface area contributed by atoms with Crippen LogP contribution >= 0.6 is 23.2 Å². The number of aliphatic carboxylic acids is 2. The van der Waals surface area contributed by atoms with E-state index in [1.165, 1.54) is 4.90 Å². The Balaban J connectivity index is 2.26. The number of hydrogen-bond acceptors (Lipinski definition) is 6. The molecule has 0 saturated heterocycles. The summed E-state index contributed by atoms with van der Waals surface area (Å²) in [5.41, 5.74) is 5.12. The largest absolute Gasteiger partial charge is 0.481 e. The number of nitrogens with two attached hydrogens (primary N) is 1. The molecule has 0 heterocycles. The second kappa shape index (κ2) is 12.5. The maximum atomic E-state index is 13.9. The van der Waals surface area contributed by atoms with Crippen molar-refractivity contribution in [3.8, 4) is 6.07 Å². The van der Waals surface area contributed by atoms with Crippen LogP contribution in [0.4, 0.5) is 5.69 Å². The van der Waals surface area contributed by atoms with E-state index in [0.717, 1.165) is 0 Å². The molecule has 1 amide bonds. The lowest BCUT2D eigenvalue weighted by Crippen LogP contribution is -2.47. The first-order valence-corrected chi connectivity index (χ1v) is 12.8. The standard InChI is InChI=1S/C28H27Cl2N3O6/c1-2-20-18(13-31)9-17-5-3-4-6-21(17)26(20)33(24(34)11-28(39,27(37)38)12-25(35)36)15-19(14-32)16-7-8-22(29)23(30)10-16/h3-10,19,39H,2,11-12,14-15,32H2,1H3,(H,35,36)(H,37,38)/t19-,28?/m0/s1. The zero-order chi connectivity index (χ0) is 28.9. The number of nitrogens with zero attached hydrogens (tertiary/aromatic N) is 2. The zero-order valence-electron chi connectivity index (χ0n) is 21.0. The van der Waals surface area contributed by atoms with Crippen molar-refractivity contribution in [2.75, 3.05) is 18.0 Å². The number of fused-ring (bicyclic) bond motifs is 1. The number of carbonyl (C=O) groups is 3. The minimum Gasteiger partial charge on any atom is -0.481 e. The molecule has 11 heteroatoms. The molecule has 5 N–H and O–H groups in total. The fraction of sp³-hybridized carbons (Fsp3) is 0.286. The first kappa shape index (κ1) is 29.9. The topological polar surface area (TPSA) is 165 Å². The predicted octanol–water partition coefficient (Wildman–Crippen LogP) is 4.34. The van der Waals surface area contributed by atoms with Gasteiger partial charge in [0.2, 0.25) is 5.91 Å². The third-order valence-electron chi connectivity index (χ3n) is 6.56. The van der Waals surface area contributed by atoms with Crippen LogP contribution in [0.1, 0.15) is 42.4 Å². The number of aliphatic hydroxyl groups is 1. The number of nitriles is 1. The molecule has 0 aliphatic carbocycles. The maximum absolute atomic E-state index is 13.9. The van der Waals surface area contributed by atoms with E-state index >= 15 is 0 Å². The number of carbonyl (C=O) groups excluding carboxylic acids is 1. The van der Waals surface area contributed by atoms with Crippen LogP contribution in [0.25, 0.3) is 10.8 Å². The molecule has 0 spiro atoms. The third kappa shape index (κ3) is 6.49. The average Bonchev–Trinajstić information content (AvgIpc) is 2.89. The number of carboxylic acid groups (broad SMARTS) is 2. The van der Waals surface area contributed by atoms with Crippen LogP contribution < -0.4 is 10.6 Å². The summed E-state index contributed by atoms with van der Waals surface area (Å²) >= 11 is 12.3. The molecular formula is C28H27Cl2N3O6. The Bertz CT molecular complexity index is 1470. The highest BCUT2D eigenvalue weighted by molar-refractivity contribution is 6.42. The second-order valence-corrected chi connectivity index (χ2v) is 9.95. The van der Waals surface area contributed by atoms with Gasteiger partial charge in [0.05, 0.1) is 40.2 Å². The van der Waals surface area contributed by atoms with Gasteiger partial charge >= 0.3 is 11.9 Å². The van der Waals surface area contributed by atoms with Crippen LogP contribution in [-0.2, 0) is 20.8 Å². The summed E-state index contributed by atoms with van der Waals surface area (Å²) in [6, 6.07) is 15.9. The summed E-state index contributed by atoms with van der Waals surface area (Å²) in [5.74, 6) is -4.80. The molecule has 0 radical (unpaired) electrons. The number of halogens is 2. The number of hydrogen-bond donors (Lipinski definition) is 4. The first-order valence-electron chi connectivity index (χ1n) is 12.0. The average molecular weight is 572 g/mol. The molecule has 0 aliphatic heterocycles. The van der Waals surface area contributed by atoms with Crippen molar-refractivity contribution < 1.29 is 29.7 Å². The summed E-state index contributed by atoms with van der Waals surface area (Å²) in [6.45, 7) is 1.79. The van der Waals surface area contributed by atoms with Crippen LogP contribution in [0.15, 0.2) is 48.5 Å². The minimum atomic E-state index is -2.86. The lowest BCUT2D eigenvalue weighted by atomic mass is 9.91. The third-order valence-corrected chi connectivity index (χ3v) is 7.30. The molecule has 39 heavy (non-hydrogen) atoms. The van der Waals surface area contributed by atoms with Crippen LogP contribution in [0.2, 0.25) is 10.0 Å². The Morgan fingerprint density at radius 2 is 1.77 bits per heavy atom. The summed E-state index contributed by atoms with van der Waals surface area (Å²) in [7, 11) is 0. The maximum Gasteiger partial charge on any atom is 0.336 e. The van der Waals surface area contributed by atoms with Crippen molar-refractivity contribution in [1.82, 2.24) is 0 Å². The monoisotopic (exact) mass is 571 g/mol. The highest BCUT2D eigenvalue weighted by atomic mass is 35.5. The quantitative estimate of drug-likeness (QED) is 0.264. The minimum absolute atomic E-state index is 0.0530. The molecular weight excluding hydrogens is 545 g/mol. The Morgan fingerprint density at radius 1 is 1.08 bits per heavy atom. The highest BCUT2D eigenvalue weighted by Gasteiger charge is 2.42. The molecule has 3 aromatic carbocycles. The molecule has 0 fully saturated rings. The van der Waals surface area contributed by atoms with E-state index < -0.39 is 42.2 Å². The van der Waals surface area contributed by atoms with E-state index in [2.05, 4.69) is 6.07 Å². The van der Waals surface area contributed by atoms with E-state index in [4.69, 9.17) is 28.9 Å². The van der Waals surface area contributed by atoms with E-state index in [-0.39, 0.29) is 18.1 Å². The SMILES string of the molecule is CCc1c(C#N)cc2ccccc2c1N(C[C@H](CN)c1ccc(Cl)c(Cl)c1)C(=O)CC(O)(CC(=O)O)C(=O)O. The fourth-order valence-electron chi connectivity index (χ4n) is 4.57. The number of carboxylic acids is 2. The van der Waals surface area contributed by atoms with Crippen LogP contribution in [0.5, 0.6) is 0 Å². The first-order chi connectivity index (χ1) is 18.4. The Hall–Kier alpha value is -3.68. The van der Waals surface area contributed by atoms with Crippen molar-refractivity contribution in [2.24, 2.45) is 5.73 Å². The van der Waals surface area contributed by atoms with Gasteiger partial charge in [-0.2, -0.15) is 5.26 Å². The van der Waals surface area contributed by atoms with Crippen molar-refractivity contribution in [3.63, 3.8) is 0 Å². The lowest BCUT2D eigenvalue weighted by Gasteiger charge is -2.33. The fourth-order valence-corrected chi connectivity index (χ4v) is 4.87. The Morgan fingerprint density at radius 3 is 2.33 bits per heavy atom. The molecule has 0 bridgehead atoms. The van der Waals surface area contributed by atoms with Gasteiger partial charge in [-0.05, 0) is 41.1 Å². The van der Waals surface area contributed by atoms with E-state index in [9.17, 15) is 35.0 Å². The van der Waals surface area contributed by atoms with Crippen molar-refractivity contribution in [3.05, 3.63) is 75.3 Å². The van der Waals surface area contributed by atoms with Gasteiger partial charge in [0.15, 0.2) is 5.60 Å². The van der Waals surface area contributed by atoms with E-state index in [1.807, 2.05) is 6.92 Å².